The molecule has 0 bridgehead atoms. The van der Waals surface area contributed by atoms with Gasteiger partial charge in [0.05, 0.1) is 5.69 Å². The second kappa shape index (κ2) is 4.22. The lowest BCUT2D eigenvalue weighted by Gasteiger charge is -2.17. The molecular formula is C14H11FN2O. The van der Waals surface area contributed by atoms with Gasteiger partial charge in [-0.1, -0.05) is 18.2 Å². The Kier molecular flexibility index (Phi) is 2.55. The van der Waals surface area contributed by atoms with Crippen LogP contribution in [0.4, 0.5) is 10.1 Å². The third-order valence-electron chi connectivity index (χ3n) is 3.07. The largest absolute Gasteiger partial charge is 0.304 e. The zero-order chi connectivity index (χ0) is 12.5. The molecule has 0 saturated heterocycles. The summed E-state index contributed by atoms with van der Waals surface area (Å²) in [6.45, 7) is 0.506. The summed E-state index contributed by atoms with van der Waals surface area (Å²) < 4.78 is 13.8. The lowest BCUT2D eigenvalue weighted by Crippen LogP contribution is -2.30. The molecule has 0 radical (unpaired) electrons. The van der Waals surface area contributed by atoms with Crippen LogP contribution < -0.4 is 4.90 Å². The Hall–Kier alpha value is -2.23. The Morgan fingerprint density at radius 1 is 1.22 bits per heavy atom. The summed E-state index contributed by atoms with van der Waals surface area (Å²) in [5.41, 5.74) is 1.61. The van der Waals surface area contributed by atoms with Crippen LogP contribution >= 0.6 is 0 Å². The van der Waals surface area contributed by atoms with Crippen molar-refractivity contribution in [3.8, 4) is 0 Å². The number of hydrogen-bond acceptors (Lipinski definition) is 2. The average Bonchev–Trinajstić information content (AvgIpc) is 2.84. The zero-order valence-electron chi connectivity index (χ0n) is 9.64. The van der Waals surface area contributed by atoms with Crippen LogP contribution in [0, 0.1) is 5.82 Å². The minimum absolute atomic E-state index is 0.251. The van der Waals surface area contributed by atoms with E-state index in [-0.39, 0.29) is 11.7 Å². The topological polar surface area (TPSA) is 33.2 Å². The number of halogens is 1. The molecule has 90 valence electrons. The normalized spacial score (nSPS) is 13.5. The molecule has 18 heavy (non-hydrogen) atoms. The summed E-state index contributed by atoms with van der Waals surface area (Å²) in [6, 6.07) is 10.0. The highest BCUT2D eigenvalue weighted by Gasteiger charge is 2.28. The first-order chi connectivity index (χ1) is 8.77. The van der Waals surface area contributed by atoms with Gasteiger partial charge in [-0.3, -0.25) is 9.78 Å². The number of anilines is 1. The van der Waals surface area contributed by atoms with Gasteiger partial charge in [0.1, 0.15) is 11.5 Å². The molecule has 1 aromatic carbocycles. The fourth-order valence-corrected chi connectivity index (χ4v) is 2.24. The summed E-state index contributed by atoms with van der Waals surface area (Å²) in [5.74, 6) is -0.603. The predicted octanol–water partition coefficient (Wildman–Crippen LogP) is 2.42. The highest BCUT2D eigenvalue weighted by molar-refractivity contribution is 6.06. The molecule has 0 fully saturated rings. The number of nitrogens with zero attached hydrogens (tertiary/aromatic N) is 2. The standard InChI is InChI=1S/C14H11FN2O/c15-11-5-3-4-10-7-9-17(13(10)11)14(18)12-6-1-2-8-16-12/h1-6,8H,7,9H2. The van der Waals surface area contributed by atoms with Gasteiger partial charge in [-0.15, -0.1) is 0 Å². The first kappa shape index (κ1) is 10.9. The molecule has 2 heterocycles. The molecule has 2 aromatic rings. The van der Waals surface area contributed by atoms with Crippen LogP contribution in [0.15, 0.2) is 42.6 Å². The van der Waals surface area contributed by atoms with Gasteiger partial charge in [-0.2, -0.15) is 0 Å². The first-order valence-electron chi connectivity index (χ1n) is 5.77. The summed E-state index contributed by atoms with van der Waals surface area (Å²) in [7, 11) is 0. The third kappa shape index (κ3) is 1.66. The molecule has 0 aliphatic carbocycles. The number of fused-ring (bicyclic) bond motifs is 1. The number of benzene rings is 1. The summed E-state index contributed by atoms with van der Waals surface area (Å²) in [6.07, 6.45) is 2.25. The average molecular weight is 242 g/mol. The van der Waals surface area contributed by atoms with E-state index < -0.39 is 0 Å². The summed E-state index contributed by atoms with van der Waals surface area (Å²) in [4.78, 5) is 17.7. The van der Waals surface area contributed by atoms with Crippen molar-refractivity contribution in [1.29, 1.82) is 0 Å². The van der Waals surface area contributed by atoms with Crippen molar-refractivity contribution >= 4 is 11.6 Å². The molecule has 0 saturated carbocycles. The van der Waals surface area contributed by atoms with Gasteiger partial charge in [0.25, 0.3) is 5.91 Å². The highest BCUT2D eigenvalue weighted by atomic mass is 19.1. The SMILES string of the molecule is O=C(c1ccccn1)N1CCc2cccc(F)c21. The summed E-state index contributed by atoms with van der Waals surface area (Å²) >= 11 is 0. The van der Waals surface area contributed by atoms with Crippen LogP contribution in [0.25, 0.3) is 0 Å². The first-order valence-corrected chi connectivity index (χ1v) is 5.77. The number of carbonyl (C=O) groups excluding carboxylic acids is 1. The van der Waals surface area contributed by atoms with Gasteiger partial charge in [0, 0.05) is 12.7 Å². The Balaban J connectivity index is 2.00. The Bertz CT molecular complexity index is 598. The van der Waals surface area contributed by atoms with Crippen LogP contribution in [0.5, 0.6) is 0 Å². The fourth-order valence-electron chi connectivity index (χ4n) is 2.24. The molecule has 0 N–H and O–H groups in total. The number of hydrogen-bond donors (Lipinski definition) is 0. The van der Waals surface area contributed by atoms with E-state index >= 15 is 0 Å². The zero-order valence-corrected chi connectivity index (χ0v) is 9.64. The smallest absolute Gasteiger partial charge is 0.276 e. The Labute approximate surface area is 104 Å². The van der Waals surface area contributed by atoms with E-state index in [0.29, 0.717) is 24.3 Å². The molecule has 1 aliphatic rings. The van der Waals surface area contributed by atoms with Gasteiger partial charge in [0.2, 0.25) is 0 Å². The molecule has 0 atom stereocenters. The minimum Gasteiger partial charge on any atom is -0.304 e. The maximum absolute atomic E-state index is 13.8. The highest BCUT2D eigenvalue weighted by Crippen LogP contribution is 2.31. The number of rotatable bonds is 1. The van der Waals surface area contributed by atoms with Crippen LogP contribution in [0.3, 0.4) is 0 Å². The molecule has 3 rings (SSSR count). The lowest BCUT2D eigenvalue weighted by molar-refractivity contribution is 0.0984. The van der Waals surface area contributed by atoms with Crippen molar-refractivity contribution in [2.45, 2.75) is 6.42 Å². The van der Waals surface area contributed by atoms with E-state index in [4.69, 9.17) is 0 Å². The van der Waals surface area contributed by atoms with Crippen LogP contribution in [-0.2, 0) is 6.42 Å². The monoisotopic (exact) mass is 242 g/mol. The van der Waals surface area contributed by atoms with E-state index in [1.165, 1.54) is 11.0 Å². The van der Waals surface area contributed by atoms with Gasteiger partial charge in [-0.25, -0.2) is 4.39 Å². The number of amides is 1. The van der Waals surface area contributed by atoms with Crippen LogP contribution in [0.2, 0.25) is 0 Å². The molecule has 1 aliphatic heterocycles. The second-order valence-corrected chi connectivity index (χ2v) is 4.17. The predicted molar refractivity (Wildman–Crippen MR) is 66.0 cm³/mol. The van der Waals surface area contributed by atoms with Crippen molar-refractivity contribution in [2.24, 2.45) is 0 Å². The number of para-hydroxylation sites is 1. The molecule has 3 nitrogen and oxygen atoms in total. The minimum atomic E-state index is -0.353. The number of carbonyl (C=O) groups is 1. The van der Waals surface area contributed by atoms with Crippen LogP contribution in [-0.4, -0.2) is 17.4 Å². The van der Waals surface area contributed by atoms with Crippen molar-refractivity contribution < 1.29 is 9.18 Å². The van der Waals surface area contributed by atoms with Crippen molar-refractivity contribution in [3.63, 3.8) is 0 Å². The molecule has 4 heteroatoms. The van der Waals surface area contributed by atoms with Gasteiger partial charge < -0.3 is 4.90 Å². The van der Waals surface area contributed by atoms with Crippen molar-refractivity contribution in [3.05, 3.63) is 59.7 Å². The molecule has 1 amide bonds. The maximum Gasteiger partial charge on any atom is 0.276 e. The molecule has 0 unspecified atom stereocenters. The Morgan fingerprint density at radius 3 is 2.89 bits per heavy atom. The molecule has 0 spiro atoms. The maximum atomic E-state index is 13.8. The summed E-state index contributed by atoms with van der Waals surface area (Å²) in [5, 5.41) is 0. The van der Waals surface area contributed by atoms with Gasteiger partial charge in [0.15, 0.2) is 0 Å². The van der Waals surface area contributed by atoms with E-state index in [0.717, 1.165) is 5.56 Å². The second-order valence-electron chi connectivity index (χ2n) is 4.17. The van der Waals surface area contributed by atoms with E-state index in [1.54, 1.807) is 30.5 Å². The van der Waals surface area contributed by atoms with Gasteiger partial charge >= 0.3 is 0 Å². The van der Waals surface area contributed by atoms with Crippen molar-refractivity contribution in [2.75, 3.05) is 11.4 Å². The van der Waals surface area contributed by atoms with E-state index in [9.17, 15) is 9.18 Å². The van der Waals surface area contributed by atoms with Crippen molar-refractivity contribution in [1.82, 2.24) is 4.98 Å². The van der Waals surface area contributed by atoms with E-state index in [2.05, 4.69) is 4.98 Å². The van der Waals surface area contributed by atoms with Gasteiger partial charge in [-0.05, 0) is 30.2 Å². The van der Waals surface area contributed by atoms with E-state index in [1.807, 2.05) is 6.07 Å². The number of aromatic nitrogens is 1. The quantitative estimate of drug-likeness (QED) is 0.769. The third-order valence-corrected chi connectivity index (χ3v) is 3.07. The lowest BCUT2D eigenvalue weighted by atomic mass is 10.1. The molecular weight excluding hydrogens is 231 g/mol. The molecule has 1 aromatic heterocycles. The van der Waals surface area contributed by atoms with Crippen LogP contribution in [0.1, 0.15) is 16.1 Å². The Morgan fingerprint density at radius 2 is 2.11 bits per heavy atom. The fraction of sp³-hybridized carbons (Fsp3) is 0.143. The number of pyridine rings is 1.